The maximum Gasteiger partial charge on any atom is 0.306 e. The molecule has 61 heavy (non-hydrogen) atoms. The minimum atomic E-state index is -0.763. The van der Waals surface area contributed by atoms with Crippen molar-refractivity contribution in [3.05, 3.63) is 0 Å². The zero-order valence-electron chi connectivity index (χ0n) is 42.0. The Kier molecular flexibility index (Phi) is 45.2. The Morgan fingerprint density at radius 2 is 0.574 bits per heavy atom. The van der Waals surface area contributed by atoms with Crippen molar-refractivity contribution < 1.29 is 28.6 Å². The van der Waals surface area contributed by atoms with Crippen molar-refractivity contribution in [2.75, 3.05) is 13.2 Å². The van der Waals surface area contributed by atoms with Crippen LogP contribution in [0.15, 0.2) is 0 Å². The van der Waals surface area contributed by atoms with Gasteiger partial charge in [-0.25, -0.2) is 0 Å². The molecule has 0 saturated heterocycles. The molecule has 0 saturated carbocycles. The highest BCUT2D eigenvalue weighted by Gasteiger charge is 2.19. The van der Waals surface area contributed by atoms with Crippen LogP contribution in [0.1, 0.15) is 298 Å². The summed E-state index contributed by atoms with van der Waals surface area (Å²) in [4.78, 5) is 37.9. The third-order valence-electron chi connectivity index (χ3n) is 12.8. The quantitative estimate of drug-likeness (QED) is 0.0344. The van der Waals surface area contributed by atoms with Gasteiger partial charge < -0.3 is 14.2 Å². The van der Waals surface area contributed by atoms with Gasteiger partial charge >= 0.3 is 17.9 Å². The first-order valence-corrected chi connectivity index (χ1v) is 27.1. The predicted molar refractivity (Wildman–Crippen MR) is 261 cm³/mol. The fourth-order valence-corrected chi connectivity index (χ4v) is 8.26. The van der Waals surface area contributed by atoms with Gasteiger partial charge in [0.1, 0.15) is 13.2 Å². The minimum absolute atomic E-state index is 0.0654. The average molecular weight is 863 g/mol. The summed E-state index contributed by atoms with van der Waals surface area (Å²) < 4.78 is 16.8. The van der Waals surface area contributed by atoms with Gasteiger partial charge in [-0.15, -0.1) is 0 Å². The summed E-state index contributed by atoms with van der Waals surface area (Å²) in [6, 6.07) is 0. The number of esters is 3. The van der Waals surface area contributed by atoms with Crippen molar-refractivity contribution in [2.24, 2.45) is 17.8 Å². The SMILES string of the molecule is CCC(C)CCCCCCCCC(=O)OC[C@@H](COC(=O)CCCCCCCCCCCC(C)C)OC(=O)CCCCCCCCCCCCCCCCCCCCC(C)C. The fourth-order valence-electron chi connectivity index (χ4n) is 8.26. The third kappa shape index (κ3) is 47.7. The van der Waals surface area contributed by atoms with Crippen LogP contribution < -0.4 is 0 Å². The van der Waals surface area contributed by atoms with Gasteiger partial charge in [0, 0.05) is 19.3 Å². The molecule has 362 valence electrons. The molecule has 0 aliphatic carbocycles. The van der Waals surface area contributed by atoms with E-state index in [2.05, 4.69) is 41.5 Å². The second-order valence-corrected chi connectivity index (χ2v) is 20.1. The molecule has 0 radical (unpaired) electrons. The number of rotatable bonds is 48. The summed E-state index contributed by atoms with van der Waals surface area (Å²) in [6.07, 6.45) is 46.8. The van der Waals surface area contributed by atoms with E-state index >= 15 is 0 Å². The number of unbranched alkanes of at least 4 members (excludes halogenated alkanes) is 30. The maximum absolute atomic E-state index is 12.8. The van der Waals surface area contributed by atoms with E-state index in [0.717, 1.165) is 75.5 Å². The Labute approximate surface area is 380 Å². The van der Waals surface area contributed by atoms with Crippen LogP contribution in [0.5, 0.6) is 0 Å². The van der Waals surface area contributed by atoms with Crippen LogP contribution in [0, 0.1) is 17.8 Å². The van der Waals surface area contributed by atoms with E-state index in [1.165, 1.54) is 180 Å². The number of carbonyl (C=O) groups is 3. The molecule has 0 amide bonds. The Hall–Kier alpha value is -1.59. The highest BCUT2D eigenvalue weighted by atomic mass is 16.6. The molecule has 0 aliphatic rings. The van der Waals surface area contributed by atoms with Crippen LogP contribution in [-0.2, 0) is 28.6 Å². The molecular formula is C55H106O6. The topological polar surface area (TPSA) is 78.9 Å². The summed E-state index contributed by atoms with van der Waals surface area (Å²) in [6.45, 7) is 13.7. The van der Waals surface area contributed by atoms with Crippen LogP contribution in [0.3, 0.4) is 0 Å². The average Bonchev–Trinajstić information content (AvgIpc) is 3.23. The molecule has 0 bridgehead atoms. The lowest BCUT2D eigenvalue weighted by Gasteiger charge is -2.18. The van der Waals surface area contributed by atoms with E-state index in [4.69, 9.17) is 14.2 Å². The fraction of sp³-hybridized carbons (Fsp3) is 0.945. The summed E-state index contributed by atoms with van der Waals surface area (Å²) in [5.74, 6) is 1.63. The largest absolute Gasteiger partial charge is 0.462 e. The number of ether oxygens (including phenoxy) is 3. The van der Waals surface area contributed by atoms with Crippen LogP contribution in [0.4, 0.5) is 0 Å². The van der Waals surface area contributed by atoms with Crippen molar-refractivity contribution in [3.63, 3.8) is 0 Å². The van der Waals surface area contributed by atoms with Crippen LogP contribution in [0.2, 0.25) is 0 Å². The summed E-state index contributed by atoms with van der Waals surface area (Å²) in [7, 11) is 0. The summed E-state index contributed by atoms with van der Waals surface area (Å²) >= 11 is 0. The van der Waals surface area contributed by atoms with Gasteiger partial charge in [-0.1, -0.05) is 260 Å². The lowest BCUT2D eigenvalue weighted by atomic mass is 10.00. The highest BCUT2D eigenvalue weighted by Crippen LogP contribution is 2.18. The van der Waals surface area contributed by atoms with Gasteiger partial charge in [0.05, 0.1) is 0 Å². The van der Waals surface area contributed by atoms with Crippen LogP contribution >= 0.6 is 0 Å². The first-order valence-electron chi connectivity index (χ1n) is 27.1. The third-order valence-corrected chi connectivity index (χ3v) is 12.8. The van der Waals surface area contributed by atoms with Gasteiger partial charge in [0.15, 0.2) is 6.10 Å². The van der Waals surface area contributed by atoms with Crippen LogP contribution in [-0.4, -0.2) is 37.2 Å². The predicted octanol–water partition coefficient (Wildman–Crippen LogP) is 17.6. The molecule has 0 N–H and O–H groups in total. The van der Waals surface area contributed by atoms with Gasteiger partial charge in [0.2, 0.25) is 0 Å². The van der Waals surface area contributed by atoms with E-state index < -0.39 is 6.10 Å². The van der Waals surface area contributed by atoms with Gasteiger partial charge in [-0.05, 0) is 37.0 Å². The van der Waals surface area contributed by atoms with Crippen LogP contribution in [0.25, 0.3) is 0 Å². The maximum atomic E-state index is 12.8. The van der Waals surface area contributed by atoms with E-state index in [-0.39, 0.29) is 31.1 Å². The molecular weight excluding hydrogens is 757 g/mol. The Bertz CT molecular complexity index is 947. The molecule has 0 aromatic rings. The van der Waals surface area contributed by atoms with E-state index in [1.807, 2.05) is 0 Å². The second kappa shape index (κ2) is 46.4. The van der Waals surface area contributed by atoms with Gasteiger partial charge in [-0.2, -0.15) is 0 Å². The molecule has 0 aromatic carbocycles. The molecule has 1 unspecified atom stereocenters. The smallest absolute Gasteiger partial charge is 0.306 e. The Morgan fingerprint density at radius 3 is 0.852 bits per heavy atom. The minimum Gasteiger partial charge on any atom is -0.462 e. The number of hydrogen-bond donors (Lipinski definition) is 0. The Morgan fingerprint density at radius 1 is 0.328 bits per heavy atom. The molecule has 2 atom stereocenters. The first-order chi connectivity index (χ1) is 29.6. The highest BCUT2D eigenvalue weighted by molar-refractivity contribution is 5.71. The molecule has 0 aromatic heterocycles. The molecule has 0 fully saturated rings. The van der Waals surface area contributed by atoms with Crippen molar-refractivity contribution in [2.45, 2.75) is 304 Å². The molecule has 6 heteroatoms. The monoisotopic (exact) mass is 863 g/mol. The van der Waals surface area contributed by atoms with Crippen molar-refractivity contribution in [3.8, 4) is 0 Å². The summed E-state index contributed by atoms with van der Waals surface area (Å²) in [5, 5.41) is 0. The molecule has 0 spiro atoms. The molecule has 0 rings (SSSR count). The molecule has 0 aliphatic heterocycles. The van der Waals surface area contributed by atoms with Crippen molar-refractivity contribution in [1.29, 1.82) is 0 Å². The molecule has 6 nitrogen and oxygen atoms in total. The summed E-state index contributed by atoms with van der Waals surface area (Å²) in [5.41, 5.74) is 0. The number of carbonyl (C=O) groups excluding carboxylic acids is 3. The van der Waals surface area contributed by atoms with E-state index in [1.54, 1.807) is 0 Å². The first kappa shape index (κ1) is 59.4. The van der Waals surface area contributed by atoms with Gasteiger partial charge in [0.25, 0.3) is 0 Å². The lowest BCUT2D eigenvalue weighted by molar-refractivity contribution is -0.167. The lowest BCUT2D eigenvalue weighted by Crippen LogP contribution is -2.30. The van der Waals surface area contributed by atoms with E-state index in [9.17, 15) is 14.4 Å². The molecule has 0 heterocycles. The standard InChI is InChI=1S/C55H106O6/c1-7-51(6)43-37-31-27-28-33-39-45-54(57)60-48-52(47-59-53(56)44-38-32-25-22-18-20-24-30-36-42-50(4)5)61-55(58)46-40-34-26-21-17-15-13-11-9-8-10-12-14-16-19-23-29-35-41-49(2)3/h49-52H,7-48H2,1-6H3/t51?,52-/m1/s1. The van der Waals surface area contributed by atoms with Gasteiger partial charge in [-0.3, -0.25) is 14.4 Å². The normalized spacial score (nSPS) is 12.6. The zero-order valence-corrected chi connectivity index (χ0v) is 42.0. The zero-order chi connectivity index (χ0) is 44.9. The second-order valence-electron chi connectivity index (χ2n) is 20.1. The van der Waals surface area contributed by atoms with E-state index in [0.29, 0.717) is 19.3 Å². The van der Waals surface area contributed by atoms with Crippen molar-refractivity contribution >= 4 is 17.9 Å². The van der Waals surface area contributed by atoms with Crippen molar-refractivity contribution in [1.82, 2.24) is 0 Å². The Balaban J connectivity index is 4.23. The number of hydrogen-bond acceptors (Lipinski definition) is 6.